The van der Waals surface area contributed by atoms with Gasteiger partial charge in [-0.3, -0.25) is 0 Å². The van der Waals surface area contributed by atoms with Gasteiger partial charge in [0.25, 0.3) is 0 Å². The van der Waals surface area contributed by atoms with Crippen LogP contribution in [0.3, 0.4) is 0 Å². The van der Waals surface area contributed by atoms with Crippen molar-refractivity contribution in [3.05, 3.63) is 52.8 Å². The molecule has 1 aromatic carbocycles. The van der Waals surface area contributed by atoms with E-state index in [4.69, 9.17) is 4.74 Å². The summed E-state index contributed by atoms with van der Waals surface area (Å²) in [7, 11) is -2.13. The van der Waals surface area contributed by atoms with Crippen molar-refractivity contribution >= 4 is 16.0 Å². The standard InChI is InChI=1S/C19H26N2O4S/c1-6-25-19(22)17-14(3)21(5)15(4)18(17)26(23,24)20-12-13(2)16-10-8-7-9-11-16/h7-11,13,20H,6,12H2,1-5H3/t13-/m0/s1. The van der Waals surface area contributed by atoms with E-state index < -0.39 is 16.0 Å². The molecule has 1 aromatic heterocycles. The molecule has 2 rings (SSSR count). The molecule has 0 unspecified atom stereocenters. The number of ether oxygens (including phenoxy) is 1. The zero-order chi connectivity index (χ0) is 19.5. The molecule has 0 aliphatic rings. The summed E-state index contributed by atoms with van der Waals surface area (Å²) < 4.78 is 35.3. The smallest absolute Gasteiger partial charge is 0.341 e. The number of esters is 1. The summed E-state index contributed by atoms with van der Waals surface area (Å²) in [5, 5.41) is 0. The van der Waals surface area contributed by atoms with Crippen molar-refractivity contribution in [2.75, 3.05) is 13.2 Å². The summed E-state index contributed by atoms with van der Waals surface area (Å²) in [5.41, 5.74) is 2.22. The molecule has 6 nitrogen and oxygen atoms in total. The first kappa shape index (κ1) is 20.2. The van der Waals surface area contributed by atoms with Crippen molar-refractivity contribution < 1.29 is 17.9 Å². The first-order valence-electron chi connectivity index (χ1n) is 8.58. The fourth-order valence-electron chi connectivity index (χ4n) is 2.90. The fraction of sp³-hybridized carbons (Fsp3) is 0.421. The summed E-state index contributed by atoms with van der Waals surface area (Å²) in [6.07, 6.45) is 0. The van der Waals surface area contributed by atoms with Gasteiger partial charge in [0, 0.05) is 25.0 Å². The Morgan fingerprint density at radius 2 is 1.81 bits per heavy atom. The molecular formula is C19H26N2O4S. The number of sulfonamides is 1. The van der Waals surface area contributed by atoms with E-state index in [2.05, 4.69) is 4.72 Å². The molecule has 142 valence electrons. The number of aromatic nitrogens is 1. The molecule has 0 radical (unpaired) electrons. The number of hydrogen-bond donors (Lipinski definition) is 1. The second-order valence-corrected chi connectivity index (χ2v) is 8.02. The lowest BCUT2D eigenvalue weighted by Crippen LogP contribution is -2.29. The second-order valence-electron chi connectivity index (χ2n) is 6.32. The monoisotopic (exact) mass is 378 g/mol. The van der Waals surface area contributed by atoms with Gasteiger partial charge in [-0.1, -0.05) is 37.3 Å². The Kier molecular flexibility index (Phi) is 6.26. The Labute approximate surface area is 155 Å². The Hall–Kier alpha value is -2.12. The summed E-state index contributed by atoms with van der Waals surface area (Å²) in [6.45, 7) is 7.46. The van der Waals surface area contributed by atoms with Gasteiger partial charge in [0.2, 0.25) is 10.0 Å². The highest BCUT2D eigenvalue weighted by atomic mass is 32.2. The van der Waals surface area contributed by atoms with Crippen LogP contribution in [0.4, 0.5) is 0 Å². The van der Waals surface area contributed by atoms with Gasteiger partial charge in [-0.2, -0.15) is 0 Å². The fourth-order valence-corrected chi connectivity index (χ4v) is 4.53. The van der Waals surface area contributed by atoms with E-state index in [9.17, 15) is 13.2 Å². The van der Waals surface area contributed by atoms with Gasteiger partial charge in [0.15, 0.2) is 0 Å². The van der Waals surface area contributed by atoms with E-state index in [1.807, 2.05) is 37.3 Å². The molecule has 1 heterocycles. The van der Waals surface area contributed by atoms with Crippen molar-refractivity contribution in [1.29, 1.82) is 0 Å². The number of nitrogens with one attached hydrogen (secondary N) is 1. The molecule has 7 heteroatoms. The first-order chi connectivity index (χ1) is 12.2. The Morgan fingerprint density at radius 3 is 2.38 bits per heavy atom. The highest BCUT2D eigenvalue weighted by molar-refractivity contribution is 7.89. The second kappa shape index (κ2) is 8.05. The third-order valence-corrected chi connectivity index (χ3v) is 6.20. The van der Waals surface area contributed by atoms with Crippen LogP contribution >= 0.6 is 0 Å². The van der Waals surface area contributed by atoms with Crippen LogP contribution in [-0.4, -0.2) is 32.1 Å². The van der Waals surface area contributed by atoms with Crippen LogP contribution in [-0.2, 0) is 21.8 Å². The highest BCUT2D eigenvalue weighted by Gasteiger charge is 2.31. The van der Waals surface area contributed by atoms with Gasteiger partial charge in [-0.25, -0.2) is 17.9 Å². The number of hydrogen-bond acceptors (Lipinski definition) is 4. The van der Waals surface area contributed by atoms with Crippen LogP contribution in [0.25, 0.3) is 0 Å². The number of rotatable bonds is 7. The maximum absolute atomic E-state index is 13.0. The number of benzene rings is 1. The average molecular weight is 378 g/mol. The van der Waals surface area contributed by atoms with Crippen LogP contribution in [0.2, 0.25) is 0 Å². The molecule has 0 saturated carbocycles. The summed E-state index contributed by atoms with van der Waals surface area (Å²) in [6, 6.07) is 9.68. The lowest BCUT2D eigenvalue weighted by molar-refractivity contribution is 0.0521. The predicted molar refractivity (Wildman–Crippen MR) is 101 cm³/mol. The van der Waals surface area contributed by atoms with Gasteiger partial charge in [0.1, 0.15) is 10.5 Å². The lowest BCUT2D eigenvalue weighted by atomic mass is 10.0. The topological polar surface area (TPSA) is 77.4 Å². The first-order valence-corrected chi connectivity index (χ1v) is 10.1. The van der Waals surface area contributed by atoms with Gasteiger partial charge in [-0.05, 0) is 32.3 Å². The Morgan fingerprint density at radius 1 is 1.19 bits per heavy atom. The molecular weight excluding hydrogens is 352 g/mol. The molecule has 0 aliphatic heterocycles. The Balaban J connectivity index is 2.34. The summed E-state index contributed by atoms with van der Waals surface area (Å²) >= 11 is 0. The predicted octanol–water partition coefficient (Wildman–Crippen LogP) is 2.90. The molecule has 0 saturated heterocycles. The zero-order valence-electron chi connectivity index (χ0n) is 15.9. The lowest BCUT2D eigenvalue weighted by Gasteiger charge is -2.14. The van der Waals surface area contributed by atoms with Crippen LogP contribution in [0, 0.1) is 13.8 Å². The molecule has 0 aliphatic carbocycles. The number of carbonyl (C=O) groups excluding carboxylic acids is 1. The van der Waals surface area contributed by atoms with E-state index >= 15 is 0 Å². The largest absolute Gasteiger partial charge is 0.462 e. The van der Waals surface area contributed by atoms with Gasteiger partial charge >= 0.3 is 5.97 Å². The van der Waals surface area contributed by atoms with Crippen LogP contribution < -0.4 is 4.72 Å². The van der Waals surface area contributed by atoms with E-state index in [0.717, 1.165) is 5.56 Å². The molecule has 1 atom stereocenters. The van der Waals surface area contributed by atoms with Crippen molar-refractivity contribution in [1.82, 2.24) is 9.29 Å². The van der Waals surface area contributed by atoms with Crippen molar-refractivity contribution in [3.8, 4) is 0 Å². The molecule has 0 spiro atoms. The minimum Gasteiger partial charge on any atom is -0.462 e. The molecule has 0 amide bonds. The third-order valence-electron chi connectivity index (χ3n) is 4.62. The molecule has 0 fully saturated rings. The Bertz CT molecular complexity index is 886. The normalized spacial score (nSPS) is 12.8. The zero-order valence-corrected chi connectivity index (χ0v) is 16.7. The maximum Gasteiger partial charge on any atom is 0.341 e. The van der Waals surface area contributed by atoms with Crippen molar-refractivity contribution in [2.24, 2.45) is 7.05 Å². The van der Waals surface area contributed by atoms with E-state index in [1.165, 1.54) is 0 Å². The van der Waals surface area contributed by atoms with Gasteiger partial charge in [0.05, 0.1) is 6.61 Å². The average Bonchev–Trinajstić information content (AvgIpc) is 2.85. The van der Waals surface area contributed by atoms with Gasteiger partial charge in [-0.15, -0.1) is 0 Å². The van der Waals surface area contributed by atoms with Crippen molar-refractivity contribution in [2.45, 2.75) is 38.5 Å². The maximum atomic E-state index is 13.0. The van der Waals surface area contributed by atoms with E-state index in [1.54, 1.807) is 32.4 Å². The summed E-state index contributed by atoms with van der Waals surface area (Å²) in [4.78, 5) is 12.3. The number of carbonyl (C=O) groups is 1. The third kappa shape index (κ3) is 3.99. The van der Waals surface area contributed by atoms with Crippen LogP contribution in [0.15, 0.2) is 35.2 Å². The van der Waals surface area contributed by atoms with E-state index in [0.29, 0.717) is 11.4 Å². The summed E-state index contributed by atoms with van der Waals surface area (Å²) in [5.74, 6) is -0.618. The quantitative estimate of drug-likeness (QED) is 0.752. The minimum absolute atomic E-state index is 0.00198. The van der Waals surface area contributed by atoms with Crippen LogP contribution in [0.5, 0.6) is 0 Å². The van der Waals surface area contributed by atoms with Gasteiger partial charge < -0.3 is 9.30 Å². The highest BCUT2D eigenvalue weighted by Crippen LogP contribution is 2.27. The van der Waals surface area contributed by atoms with E-state index in [-0.39, 0.29) is 29.5 Å². The number of nitrogens with zero attached hydrogens (tertiary/aromatic N) is 1. The molecule has 1 N–H and O–H groups in total. The van der Waals surface area contributed by atoms with Crippen LogP contribution in [0.1, 0.15) is 47.1 Å². The SMILES string of the molecule is CCOC(=O)c1c(S(=O)(=O)NC[C@H](C)c2ccccc2)c(C)n(C)c1C. The van der Waals surface area contributed by atoms with Crippen molar-refractivity contribution in [3.63, 3.8) is 0 Å². The molecule has 0 bridgehead atoms. The molecule has 2 aromatic rings. The minimum atomic E-state index is -3.86. The molecule has 26 heavy (non-hydrogen) atoms.